The average molecular weight is 419 g/mol. The standard InChI is InChI=1S/C17H23ClN2O6S/c18-13-3-4-15(26-12-17(21)19-11-14-2-1-7-25-14)16(10-13)27(22,23)20-5-8-24-9-6-20/h3-4,10,14H,1-2,5-9,11-12H2,(H,19,21)/t14-/m1/s1. The SMILES string of the molecule is O=C(COc1ccc(Cl)cc1S(=O)(=O)N1CCOCC1)NC[C@H]1CCCO1. The summed E-state index contributed by atoms with van der Waals surface area (Å²) >= 11 is 5.99. The van der Waals surface area contributed by atoms with Gasteiger partial charge in [0.25, 0.3) is 5.91 Å². The van der Waals surface area contributed by atoms with Crippen LogP contribution in [0.1, 0.15) is 12.8 Å². The molecule has 0 saturated carbocycles. The highest BCUT2D eigenvalue weighted by Crippen LogP contribution is 2.30. The number of morpholine rings is 1. The van der Waals surface area contributed by atoms with Gasteiger partial charge >= 0.3 is 0 Å². The molecule has 1 aromatic rings. The number of sulfonamides is 1. The molecule has 0 aromatic heterocycles. The van der Waals surface area contributed by atoms with Crippen molar-refractivity contribution < 1.29 is 27.4 Å². The third kappa shape index (κ3) is 5.32. The van der Waals surface area contributed by atoms with Gasteiger partial charge in [-0.3, -0.25) is 4.79 Å². The number of hydrogen-bond donors (Lipinski definition) is 1. The van der Waals surface area contributed by atoms with Crippen molar-refractivity contribution in [3.8, 4) is 5.75 Å². The third-order valence-electron chi connectivity index (χ3n) is 4.40. The molecule has 1 N–H and O–H groups in total. The molecule has 2 aliphatic rings. The predicted octanol–water partition coefficient (Wildman–Crippen LogP) is 1.03. The van der Waals surface area contributed by atoms with E-state index in [0.717, 1.165) is 12.8 Å². The van der Waals surface area contributed by atoms with Gasteiger partial charge in [0.15, 0.2) is 6.61 Å². The summed E-state index contributed by atoms with van der Waals surface area (Å²) in [5, 5.41) is 3.01. The molecular formula is C17H23ClN2O6S. The van der Waals surface area contributed by atoms with Crippen LogP contribution in [0.25, 0.3) is 0 Å². The maximum atomic E-state index is 12.9. The molecule has 150 valence electrons. The van der Waals surface area contributed by atoms with Crippen LogP contribution in [0.15, 0.2) is 23.1 Å². The van der Waals surface area contributed by atoms with Crippen molar-refractivity contribution in [2.75, 3.05) is 46.1 Å². The molecule has 2 saturated heterocycles. The minimum atomic E-state index is -3.80. The number of amides is 1. The van der Waals surface area contributed by atoms with Gasteiger partial charge in [0, 0.05) is 31.3 Å². The van der Waals surface area contributed by atoms with E-state index in [1.165, 1.54) is 22.5 Å². The first kappa shape index (κ1) is 20.3. The van der Waals surface area contributed by atoms with Gasteiger partial charge in [-0.1, -0.05) is 11.6 Å². The molecule has 1 atom stereocenters. The van der Waals surface area contributed by atoms with Gasteiger partial charge in [-0.05, 0) is 31.0 Å². The van der Waals surface area contributed by atoms with Crippen LogP contribution >= 0.6 is 11.6 Å². The first-order valence-corrected chi connectivity index (χ1v) is 10.7. The van der Waals surface area contributed by atoms with E-state index in [1.54, 1.807) is 0 Å². The number of ether oxygens (including phenoxy) is 3. The lowest BCUT2D eigenvalue weighted by Gasteiger charge is -2.26. The zero-order valence-electron chi connectivity index (χ0n) is 14.9. The largest absolute Gasteiger partial charge is 0.482 e. The van der Waals surface area contributed by atoms with Crippen molar-refractivity contribution >= 4 is 27.5 Å². The lowest BCUT2D eigenvalue weighted by molar-refractivity contribution is -0.123. The first-order chi connectivity index (χ1) is 13.0. The highest BCUT2D eigenvalue weighted by atomic mass is 35.5. The number of nitrogens with one attached hydrogen (secondary N) is 1. The van der Waals surface area contributed by atoms with Gasteiger partial charge in [-0.2, -0.15) is 4.31 Å². The summed E-state index contributed by atoms with van der Waals surface area (Å²) < 4.78 is 43.3. The van der Waals surface area contributed by atoms with Crippen molar-refractivity contribution in [2.24, 2.45) is 0 Å². The maximum Gasteiger partial charge on any atom is 0.258 e. The Balaban J connectivity index is 1.65. The van der Waals surface area contributed by atoms with Crippen LogP contribution in [0, 0.1) is 0 Å². The van der Waals surface area contributed by atoms with Crippen molar-refractivity contribution in [3.63, 3.8) is 0 Å². The molecule has 0 spiro atoms. The zero-order chi connectivity index (χ0) is 19.3. The highest BCUT2D eigenvalue weighted by Gasteiger charge is 2.30. The average Bonchev–Trinajstić information content (AvgIpc) is 3.19. The Hall–Kier alpha value is -1.39. The van der Waals surface area contributed by atoms with Crippen LogP contribution in [0.4, 0.5) is 0 Å². The molecule has 0 bridgehead atoms. The lowest BCUT2D eigenvalue weighted by atomic mass is 10.2. The van der Waals surface area contributed by atoms with Crippen molar-refractivity contribution in [3.05, 3.63) is 23.2 Å². The quantitative estimate of drug-likeness (QED) is 0.710. The van der Waals surface area contributed by atoms with Crippen LogP contribution in [-0.2, 0) is 24.3 Å². The smallest absolute Gasteiger partial charge is 0.258 e. The fraction of sp³-hybridized carbons (Fsp3) is 0.588. The van der Waals surface area contributed by atoms with E-state index in [0.29, 0.717) is 26.4 Å². The Morgan fingerprint density at radius 2 is 2.07 bits per heavy atom. The molecule has 0 unspecified atom stereocenters. The Morgan fingerprint density at radius 1 is 1.30 bits per heavy atom. The Labute approximate surface area is 163 Å². The highest BCUT2D eigenvalue weighted by molar-refractivity contribution is 7.89. The molecule has 0 aliphatic carbocycles. The second-order valence-corrected chi connectivity index (χ2v) is 8.68. The minimum Gasteiger partial charge on any atom is -0.482 e. The summed E-state index contributed by atoms with van der Waals surface area (Å²) in [6, 6.07) is 4.33. The number of hydrogen-bond acceptors (Lipinski definition) is 6. The molecule has 2 fully saturated rings. The summed E-state index contributed by atoms with van der Waals surface area (Å²) in [4.78, 5) is 12.0. The third-order valence-corrected chi connectivity index (χ3v) is 6.56. The summed E-state index contributed by atoms with van der Waals surface area (Å²) in [5.41, 5.74) is 0. The molecular weight excluding hydrogens is 396 g/mol. The molecule has 8 nitrogen and oxygen atoms in total. The zero-order valence-corrected chi connectivity index (χ0v) is 16.4. The first-order valence-electron chi connectivity index (χ1n) is 8.85. The van der Waals surface area contributed by atoms with Gasteiger partial charge < -0.3 is 19.5 Å². The maximum absolute atomic E-state index is 12.9. The van der Waals surface area contributed by atoms with Crippen LogP contribution in [0.3, 0.4) is 0 Å². The van der Waals surface area contributed by atoms with Crippen molar-refractivity contribution in [1.29, 1.82) is 0 Å². The molecule has 2 heterocycles. The topological polar surface area (TPSA) is 94.2 Å². The Kier molecular flexibility index (Phi) is 6.93. The van der Waals surface area contributed by atoms with E-state index < -0.39 is 10.0 Å². The van der Waals surface area contributed by atoms with Gasteiger partial charge in [0.2, 0.25) is 10.0 Å². The number of nitrogens with zero attached hydrogens (tertiary/aromatic N) is 1. The van der Waals surface area contributed by atoms with Gasteiger partial charge in [-0.25, -0.2) is 8.42 Å². The number of halogens is 1. The second-order valence-electron chi connectivity index (χ2n) is 6.34. The number of carbonyl (C=O) groups excluding carboxylic acids is 1. The van der Waals surface area contributed by atoms with Crippen molar-refractivity contribution in [1.82, 2.24) is 9.62 Å². The normalized spacial score (nSPS) is 21.1. The predicted molar refractivity (Wildman–Crippen MR) is 98.5 cm³/mol. The molecule has 3 rings (SSSR count). The summed E-state index contributed by atoms with van der Waals surface area (Å²) in [6.45, 7) is 2.03. The summed E-state index contributed by atoms with van der Waals surface area (Å²) in [7, 11) is -3.80. The monoisotopic (exact) mass is 418 g/mol. The molecule has 2 aliphatic heterocycles. The fourth-order valence-corrected chi connectivity index (χ4v) is 4.76. The van der Waals surface area contributed by atoms with E-state index in [2.05, 4.69) is 5.32 Å². The number of benzene rings is 1. The molecule has 1 amide bonds. The lowest BCUT2D eigenvalue weighted by Crippen LogP contribution is -2.40. The van der Waals surface area contributed by atoms with E-state index in [4.69, 9.17) is 25.8 Å². The van der Waals surface area contributed by atoms with E-state index in [9.17, 15) is 13.2 Å². The Morgan fingerprint density at radius 3 is 2.78 bits per heavy atom. The molecule has 0 radical (unpaired) electrons. The van der Waals surface area contributed by atoms with E-state index in [-0.39, 0.29) is 47.4 Å². The van der Waals surface area contributed by atoms with E-state index >= 15 is 0 Å². The van der Waals surface area contributed by atoms with Crippen LogP contribution in [-0.4, -0.2) is 70.8 Å². The molecule has 27 heavy (non-hydrogen) atoms. The number of rotatable bonds is 7. The second kappa shape index (κ2) is 9.20. The summed E-state index contributed by atoms with van der Waals surface area (Å²) in [6.07, 6.45) is 1.94. The number of carbonyl (C=O) groups is 1. The molecule has 1 aromatic carbocycles. The van der Waals surface area contributed by atoms with E-state index in [1.807, 2.05) is 0 Å². The minimum absolute atomic E-state index is 0.0294. The van der Waals surface area contributed by atoms with Crippen LogP contribution in [0.5, 0.6) is 5.75 Å². The van der Waals surface area contributed by atoms with Crippen molar-refractivity contribution in [2.45, 2.75) is 23.8 Å². The Bertz CT molecular complexity index is 761. The summed E-state index contributed by atoms with van der Waals surface area (Å²) in [5.74, 6) is -0.242. The van der Waals surface area contributed by atoms with Gasteiger partial charge in [-0.15, -0.1) is 0 Å². The molecule has 10 heteroatoms. The fourth-order valence-electron chi connectivity index (χ4n) is 2.96. The van der Waals surface area contributed by atoms with Gasteiger partial charge in [0.05, 0.1) is 19.3 Å². The van der Waals surface area contributed by atoms with Gasteiger partial charge in [0.1, 0.15) is 10.6 Å². The van der Waals surface area contributed by atoms with Crippen LogP contribution in [0.2, 0.25) is 5.02 Å². The van der Waals surface area contributed by atoms with Crippen LogP contribution < -0.4 is 10.1 Å².